The van der Waals surface area contributed by atoms with Gasteiger partial charge in [0.2, 0.25) is 10.0 Å². The summed E-state index contributed by atoms with van der Waals surface area (Å²) < 4.78 is 36.4. The van der Waals surface area contributed by atoms with Gasteiger partial charge in [-0.2, -0.15) is 0 Å². The summed E-state index contributed by atoms with van der Waals surface area (Å²) in [5.74, 6) is 1.24. The van der Waals surface area contributed by atoms with Crippen molar-refractivity contribution in [3.8, 4) is 11.5 Å². The molecule has 1 rings (SSSR count). The van der Waals surface area contributed by atoms with Crippen molar-refractivity contribution in [3.63, 3.8) is 0 Å². The molecular weight excluding hydrogens is 302 g/mol. The zero-order chi connectivity index (χ0) is 15.2. The van der Waals surface area contributed by atoms with E-state index in [4.69, 9.17) is 21.1 Å². The maximum atomic E-state index is 11.5. The van der Waals surface area contributed by atoms with Gasteiger partial charge in [-0.1, -0.05) is 6.07 Å². The molecule has 0 radical (unpaired) electrons. The van der Waals surface area contributed by atoms with Crippen LogP contribution in [0, 0.1) is 0 Å². The zero-order valence-corrected chi connectivity index (χ0v) is 13.4. The van der Waals surface area contributed by atoms with Gasteiger partial charge in [0.1, 0.15) is 5.21 Å². The molecule has 0 aliphatic heterocycles. The molecule has 0 heterocycles. The van der Waals surface area contributed by atoms with Crippen molar-refractivity contribution in [2.24, 2.45) is 0 Å². The van der Waals surface area contributed by atoms with Crippen LogP contribution in [-0.4, -0.2) is 26.8 Å². The molecule has 0 saturated heterocycles. The van der Waals surface area contributed by atoms with Crippen molar-refractivity contribution in [3.05, 3.63) is 23.8 Å². The summed E-state index contributed by atoms with van der Waals surface area (Å²) in [7, 11) is -3.47. The molecule has 20 heavy (non-hydrogen) atoms. The number of hydrogen-bond donors (Lipinski definition) is 1. The van der Waals surface area contributed by atoms with Crippen molar-refractivity contribution < 1.29 is 17.9 Å². The Morgan fingerprint density at radius 2 is 1.80 bits per heavy atom. The lowest BCUT2D eigenvalue weighted by molar-refractivity contribution is 0.287. The first-order valence-electron chi connectivity index (χ1n) is 6.39. The standard InChI is InChI=1S/C13H20ClNO4S/c1-4-18-12-7-6-11(8-13(12)19-5-2)10(3)15-20(16,17)9-14/h6-8,10,15H,4-5,9H2,1-3H3. The Bertz CT molecular complexity index is 533. The number of rotatable bonds is 8. The number of nitrogens with one attached hydrogen (secondary N) is 1. The molecule has 1 aromatic carbocycles. The number of sulfonamides is 1. The van der Waals surface area contributed by atoms with Crippen molar-refractivity contribution in [2.75, 3.05) is 18.4 Å². The quantitative estimate of drug-likeness (QED) is 0.748. The summed E-state index contributed by atoms with van der Waals surface area (Å²) in [6, 6.07) is 4.95. The van der Waals surface area contributed by atoms with Gasteiger partial charge in [-0.15, -0.1) is 11.6 Å². The Kier molecular flexibility index (Phi) is 6.58. The van der Waals surface area contributed by atoms with E-state index in [2.05, 4.69) is 4.72 Å². The van der Waals surface area contributed by atoms with Crippen LogP contribution in [0.25, 0.3) is 0 Å². The maximum absolute atomic E-state index is 11.5. The molecule has 114 valence electrons. The lowest BCUT2D eigenvalue weighted by Crippen LogP contribution is -2.27. The van der Waals surface area contributed by atoms with Gasteiger partial charge in [-0.25, -0.2) is 13.1 Å². The average Bonchev–Trinajstić information content (AvgIpc) is 2.40. The van der Waals surface area contributed by atoms with E-state index in [1.165, 1.54) is 0 Å². The summed E-state index contributed by atoms with van der Waals surface area (Å²) in [5, 5.41) is -0.466. The van der Waals surface area contributed by atoms with Gasteiger partial charge in [0.05, 0.1) is 13.2 Å². The highest BCUT2D eigenvalue weighted by Crippen LogP contribution is 2.30. The summed E-state index contributed by atoms with van der Waals surface area (Å²) in [6.45, 7) is 6.55. The van der Waals surface area contributed by atoms with E-state index in [1.54, 1.807) is 25.1 Å². The molecule has 0 spiro atoms. The van der Waals surface area contributed by atoms with Gasteiger partial charge in [-0.3, -0.25) is 0 Å². The number of benzene rings is 1. The van der Waals surface area contributed by atoms with Crippen LogP contribution in [-0.2, 0) is 10.0 Å². The first-order valence-corrected chi connectivity index (χ1v) is 8.57. The second kappa shape index (κ2) is 7.71. The van der Waals surface area contributed by atoms with Crippen LogP contribution in [0.3, 0.4) is 0 Å². The molecule has 0 bridgehead atoms. The van der Waals surface area contributed by atoms with Crippen LogP contribution in [0.15, 0.2) is 18.2 Å². The van der Waals surface area contributed by atoms with Crippen LogP contribution >= 0.6 is 11.6 Å². The largest absolute Gasteiger partial charge is 0.490 e. The Balaban J connectivity index is 2.98. The maximum Gasteiger partial charge on any atom is 0.226 e. The molecule has 0 amide bonds. The summed E-state index contributed by atoms with van der Waals surface area (Å²) >= 11 is 5.38. The van der Waals surface area contributed by atoms with Gasteiger partial charge < -0.3 is 9.47 Å². The normalized spacial score (nSPS) is 13.0. The highest BCUT2D eigenvalue weighted by molar-refractivity contribution is 7.90. The van der Waals surface area contributed by atoms with E-state index in [9.17, 15) is 8.42 Å². The molecule has 1 atom stereocenters. The second-order valence-corrected chi connectivity index (χ2v) is 6.47. The first kappa shape index (κ1) is 17.1. The number of hydrogen-bond acceptors (Lipinski definition) is 4. The third-order valence-corrected chi connectivity index (χ3v) is 4.43. The van der Waals surface area contributed by atoms with Crippen LogP contribution in [0.1, 0.15) is 32.4 Å². The van der Waals surface area contributed by atoms with Crippen molar-refractivity contribution >= 4 is 21.6 Å². The predicted molar refractivity (Wildman–Crippen MR) is 80.0 cm³/mol. The van der Waals surface area contributed by atoms with E-state index in [1.807, 2.05) is 13.8 Å². The minimum Gasteiger partial charge on any atom is -0.490 e. The molecular formula is C13H20ClNO4S. The Labute approximate surface area is 125 Å². The summed E-state index contributed by atoms with van der Waals surface area (Å²) in [5.41, 5.74) is 0.783. The molecule has 0 saturated carbocycles. The fourth-order valence-electron chi connectivity index (χ4n) is 1.71. The van der Waals surface area contributed by atoms with Gasteiger partial charge in [-0.05, 0) is 38.5 Å². The topological polar surface area (TPSA) is 64.6 Å². The highest BCUT2D eigenvalue weighted by Gasteiger charge is 2.16. The van der Waals surface area contributed by atoms with Crippen molar-refractivity contribution in [2.45, 2.75) is 26.8 Å². The second-order valence-electron chi connectivity index (χ2n) is 4.14. The van der Waals surface area contributed by atoms with E-state index in [0.717, 1.165) is 5.56 Å². The lowest BCUT2D eigenvalue weighted by Gasteiger charge is -2.17. The van der Waals surface area contributed by atoms with Crippen LogP contribution in [0.4, 0.5) is 0 Å². The van der Waals surface area contributed by atoms with Crippen LogP contribution < -0.4 is 14.2 Å². The average molecular weight is 322 g/mol. The third-order valence-electron chi connectivity index (χ3n) is 2.57. The minimum atomic E-state index is -3.47. The smallest absolute Gasteiger partial charge is 0.226 e. The summed E-state index contributed by atoms with van der Waals surface area (Å²) in [4.78, 5) is 0. The van der Waals surface area contributed by atoms with Crippen molar-refractivity contribution in [1.82, 2.24) is 4.72 Å². The molecule has 7 heteroatoms. The fourth-order valence-corrected chi connectivity index (χ4v) is 2.63. The zero-order valence-electron chi connectivity index (χ0n) is 11.8. The third kappa shape index (κ3) is 4.85. The number of halogens is 1. The van der Waals surface area contributed by atoms with Crippen molar-refractivity contribution in [1.29, 1.82) is 0 Å². The molecule has 0 fully saturated rings. The van der Waals surface area contributed by atoms with Crippen LogP contribution in [0.2, 0.25) is 0 Å². The van der Waals surface area contributed by atoms with Gasteiger partial charge in [0.15, 0.2) is 11.5 Å². The molecule has 0 aliphatic carbocycles. The van der Waals surface area contributed by atoms with E-state index < -0.39 is 21.3 Å². The molecule has 5 nitrogen and oxygen atoms in total. The number of alkyl halides is 1. The SMILES string of the molecule is CCOc1ccc(C(C)NS(=O)(=O)CCl)cc1OCC. The Morgan fingerprint density at radius 3 is 2.35 bits per heavy atom. The molecule has 1 unspecified atom stereocenters. The summed E-state index contributed by atoms with van der Waals surface area (Å²) in [6.07, 6.45) is 0. The predicted octanol–water partition coefficient (Wildman–Crippen LogP) is 2.66. The Hall–Kier alpha value is -0.980. The van der Waals surface area contributed by atoms with E-state index in [-0.39, 0.29) is 0 Å². The molecule has 0 aliphatic rings. The van der Waals surface area contributed by atoms with Gasteiger partial charge >= 0.3 is 0 Å². The first-order chi connectivity index (χ1) is 9.43. The van der Waals surface area contributed by atoms with E-state index >= 15 is 0 Å². The lowest BCUT2D eigenvalue weighted by atomic mass is 10.1. The van der Waals surface area contributed by atoms with Gasteiger partial charge in [0, 0.05) is 6.04 Å². The number of ether oxygens (including phenoxy) is 2. The fraction of sp³-hybridized carbons (Fsp3) is 0.538. The Morgan fingerprint density at radius 1 is 1.20 bits per heavy atom. The molecule has 1 aromatic rings. The highest BCUT2D eigenvalue weighted by atomic mass is 35.5. The molecule has 1 N–H and O–H groups in total. The minimum absolute atomic E-state index is 0.395. The molecule has 0 aromatic heterocycles. The monoisotopic (exact) mass is 321 g/mol. The van der Waals surface area contributed by atoms with Crippen LogP contribution in [0.5, 0.6) is 11.5 Å². The van der Waals surface area contributed by atoms with Gasteiger partial charge in [0.25, 0.3) is 0 Å². The van der Waals surface area contributed by atoms with E-state index in [0.29, 0.717) is 24.7 Å².